The molecule has 1 aromatic heterocycles. The van der Waals surface area contributed by atoms with Crippen LogP contribution in [0.15, 0.2) is 18.7 Å². The van der Waals surface area contributed by atoms with Gasteiger partial charge in [0.05, 0.1) is 17.0 Å². The molecule has 25 heavy (non-hydrogen) atoms. The number of halogens is 3. The third-order valence-corrected chi connectivity index (χ3v) is 4.23. The highest BCUT2D eigenvalue weighted by atomic mass is 19.4. The van der Waals surface area contributed by atoms with E-state index >= 15 is 0 Å². The third kappa shape index (κ3) is 4.94. The third-order valence-electron chi connectivity index (χ3n) is 4.23. The van der Waals surface area contributed by atoms with Gasteiger partial charge < -0.3 is 5.32 Å². The molecule has 2 rings (SSSR count). The van der Waals surface area contributed by atoms with Crippen molar-refractivity contribution in [3.8, 4) is 0 Å². The highest BCUT2D eigenvalue weighted by Gasteiger charge is 2.35. The lowest BCUT2D eigenvalue weighted by Gasteiger charge is -2.17. The second kappa shape index (κ2) is 7.85. The second-order valence-corrected chi connectivity index (χ2v) is 6.14. The molecule has 1 aliphatic carbocycles. The van der Waals surface area contributed by atoms with Gasteiger partial charge >= 0.3 is 6.18 Å². The Morgan fingerprint density at radius 1 is 1.36 bits per heavy atom. The van der Waals surface area contributed by atoms with Gasteiger partial charge in [0.1, 0.15) is 0 Å². The summed E-state index contributed by atoms with van der Waals surface area (Å²) < 4.78 is 39.3. The number of carbonyl (C=O) groups excluding carboxylic acids is 1. The minimum Gasteiger partial charge on any atom is -0.352 e. The molecule has 0 atom stereocenters. The van der Waals surface area contributed by atoms with Gasteiger partial charge in [0.25, 0.3) is 0 Å². The van der Waals surface area contributed by atoms with Crippen molar-refractivity contribution in [2.24, 2.45) is 5.92 Å². The van der Waals surface area contributed by atoms with Crippen LogP contribution in [0.1, 0.15) is 49.2 Å². The van der Waals surface area contributed by atoms with Gasteiger partial charge in [-0.05, 0) is 49.0 Å². The predicted octanol–water partition coefficient (Wildman–Crippen LogP) is 4.32. The summed E-state index contributed by atoms with van der Waals surface area (Å²) >= 11 is 0. The summed E-state index contributed by atoms with van der Waals surface area (Å²) in [5.41, 5.74) is 0.853. The van der Waals surface area contributed by atoms with Gasteiger partial charge in [0, 0.05) is 12.5 Å². The van der Waals surface area contributed by atoms with Crippen molar-refractivity contribution >= 4 is 17.6 Å². The first-order chi connectivity index (χ1) is 11.8. The molecule has 1 aliphatic rings. The highest BCUT2D eigenvalue weighted by molar-refractivity contribution is 5.81. The van der Waals surface area contributed by atoms with Gasteiger partial charge in [-0.15, -0.1) is 0 Å². The number of nitrogens with one attached hydrogen (secondary N) is 1. The van der Waals surface area contributed by atoms with E-state index in [1.165, 1.54) is 0 Å². The molecule has 1 saturated carbocycles. The number of hydrogen-bond donors (Lipinski definition) is 1. The monoisotopic (exact) mass is 352 g/mol. The number of carbonyl (C=O) groups is 1. The summed E-state index contributed by atoms with van der Waals surface area (Å²) in [6.07, 6.45) is 1.76. The fourth-order valence-corrected chi connectivity index (χ4v) is 2.65. The average molecular weight is 352 g/mol. The highest BCUT2D eigenvalue weighted by Crippen LogP contribution is 2.34. The Morgan fingerprint density at radius 2 is 2.04 bits per heavy atom. The van der Waals surface area contributed by atoms with Gasteiger partial charge in [0.2, 0.25) is 5.91 Å². The largest absolute Gasteiger partial charge is 0.417 e. The van der Waals surface area contributed by atoms with Crippen molar-refractivity contribution in [1.29, 1.82) is 0 Å². The summed E-state index contributed by atoms with van der Waals surface area (Å²) in [5.74, 6) is 0.156. The number of rotatable bonds is 7. The maximum absolute atomic E-state index is 13.1. The molecule has 1 N–H and O–H groups in total. The van der Waals surface area contributed by atoms with Crippen LogP contribution in [0.25, 0.3) is 11.6 Å². The number of pyridine rings is 1. The van der Waals surface area contributed by atoms with Crippen LogP contribution < -0.4 is 5.32 Å². The van der Waals surface area contributed by atoms with Crippen molar-refractivity contribution in [3.63, 3.8) is 0 Å². The van der Waals surface area contributed by atoms with Crippen LogP contribution in [0.4, 0.5) is 13.2 Å². The Bertz CT molecular complexity index is 689. The SMILES string of the molecule is C=C(c1nc(/C=C/CNC(=O)C2CC2)cc(CC)c1CC)C(F)(F)F. The topological polar surface area (TPSA) is 42.0 Å². The van der Waals surface area contributed by atoms with Gasteiger partial charge in [-0.2, -0.15) is 13.2 Å². The van der Waals surface area contributed by atoms with Crippen molar-refractivity contribution in [2.75, 3.05) is 6.54 Å². The van der Waals surface area contributed by atoms with E-state index < -0.39 is 11.7 Å². The molecule has 1 fully saturated rings. The van der Waals surface area contributed by atoms with E-state index in [1.807, 2.05) is 13.8 Å². The quantitative estimate of drug-likeness (QED) is 0.794. The van der Waals surface area contributed by atoms with E-state index in [9.17, 15) is 18.0 Å². The summed E-state index contributed by atoms with van der Waals surface area (Å²) in [6.45, 7) is 7.25. The Morgan fingerprint density at radius 3 is 2.56 bits per heavy atom. The van der Waals surface area contributed by atoms with E-state index in [2.05, 4.69) is 16.9 Å². The molecular weight excluding hydrogens is 329 g/mol. The zero-order valence-corrected chi connectivity index (χ0v) is 14.5. The minimum atomic E-state index is -4.51. The zero-order chi connectivity index (χ0) is 18.6. The molecule has 0 spiro atoms. The number of hydrogen-bond acceptors (Lipinski definition) is 2. The van der Waals surface area contributed by atoms with Crippen LogP contribution in [0.5, 0.6) is 0 Å². The number of aryl methyl sites for hydroxylation is 1. The normalized spacial score (nSPS) is 14.8. The summed E-state index contributed by atoms with van der Waals surface area (Å²) in [6, 6.07) is 1.80. The number of aromatic nitrogens is 1. The van der Waals surface area contributed by atoms with Crippen LogP contribution >= 0.6 is 0 Å². The van der Waals surface area contributed by atoms with Gasteiger partial charge in [0.15, 0.2) is 0 Å². The van der Waals surface area contributed by atoms with Crippen LogP contribution in [-0.4, -0.2) is 23.6 Å². The van der Waals surface area contributed by atoms with Gasteiger partial charge in [-0.3, -0.25) is 4.79 Å². The van der Waals surface area contributed by atoms with Crippen LogP contribution in [0.3, 0.4) is 0 Å². The zero-order valence-electron chi connectivity index (χ0n) is 14.5. The van der Waals surface area contributed by atoms with E-state index in [-0.39, 0.29) is 17.5 Å². The van der Waals surface area contributed by atoms with Crippen molar-refractivity contribution in [3.05, 3.63) is 41.2 Å². The molecule has 3 nitrogen and oxygen atoms in total. The van der Waals surface area contributed by atoms with E-state index in [1.54, 1.807) is 18.2 Å². The molecule has 0 bridgehead atoms. The molecular formula is C19H23F3N2O. The summed E-state index contributed by atoms with van der Waals surface area (Å²) in [4.78, 5) is 15.7. The first-order valence-electron chi connectivity index (χ1n) is 8.51. The molecule has 1 amide bonds. The first-order valence-corrected chi connectivity index (χ1v) is 8.51. The molecule has 0 radical (unpaired) electrons. The van der Waals surface area contributed by atoms with E-state index in [4.69, 9.17) is 0 Å². The van der Waals surface area contributed by atoms with Crippen LogP contribution in [0.2, 0.25) is 0 Å². The number of amides is 1. The van der Waals surface area contributed by atoms with E-state index in [0.717, 1.165) is 18.4 Å². The Labute approximate surface area is 146 Å². The second-order valence-electron chi connectivity index (χ2n) is 6.14. The first kappa shape index (κ1) is 19.2. The smallest absolute Gasteiger partial charge is 0.352 e. The Balaban J connectivity index is 2.22. The van der Waals surface area contributed by atoms with Gasteiger partial charge in [-0.25, -0.2) is 4.98 Å². The fraction of sp³-hybridized carbons (Fsp3) is 0.474. The fourth-order valence-electron chi connectivity index (χ4n) is 2.65. The maximum atomic E-state index is 13.1. The lowest BCUT2D eigenvalue weighted by atomic mass is 9.96. The van der Waals surface area contributed by atoms with Crippen molar-refractivity contribution in [1.82, 2.24) is 10.3 Å². The molecule has 1 aromatic rings. The Hall–Kier alpha value is -2.11. The summed E-state index contributed by atoms with van der Waals surface area (Å²) in [7, 11) is 0. The average Bonchev–Trinajstić information content (AvgIpc) is 3.41. The number of alkyl halides is 3. The minimum absolute atomic E-state index is 0.0272. The number of nitrogens with zero attached hydrogens (tertiary/aromatic N) is 1. The van der Waals surface area contributed by atoms with Crippen molar-refractivity contribution in [2.45, 2.75) is 45.7 Å². The molecule has 0 saturated heterocycles. The molecule has 136 valence electrons. The van der Waals surface area contributed by atoms with Crippen molar-refractivity contribution < 1.29 is 18.0 Å². The maximum Gasteiger partial charge on any atom is 0.417 e. The van der Waals surface area contributed by atoms with Crippen LogP contribution in [-0.2, 0) is 17.6 Å². The van der Waals surface area contributed by atoms with E-state index in [0.29, 0.717) is 30.6 Å². The predicted molar refractivity (Wildman–Crippen MR) is 92.8 cm³/mol. The Kier molecular flexibility index (Phi) is 6.03. The standard InChI is InChI=1S/C19H23F3N2O/c1-4-13-11-15(7-6-10-23-18(25)14-8-9-14)24-17(16(13)5-2)12(3)19(20,21)22/h6-7,11,14H,3-5,8-10H2,1-2H3,(H,23,25)/b7-6+. The molecule has 6 heteroatoms. The summed E-state index contributed by atoms with van der Waals surface area (Å²) in [5, 5.41) is 2.78. The molecule has 0 aromatic carbocycles. The van der Waals surface area contributed by atoms with Gasteiger partial charge in [-0.1, -0.05) is 26.5 Å². The number of allylic oxidation sites excluding steroid dienone is 1. The lowest BCUT2D eigenvalue weighted by Crippen LogP contribution is -2.24. The molecule has 0 unspecified atom stereocenters. The van der Waals surface area contributed by atoms with Crippen LogP contribution in [0, 0.1) is 5.92 Å². The molecule has 1 heterocycles. The lowest BCUT2D eigenvalue weighted by molar-refractivity contribution is -0.122. The molecule has 0 aliphatic heterocycles.